The van der Waals surface area contributed by atoms with E-state index in [2.05, 4.69) is 13.5 Å². The molecule has 0 amide bonds. The first-order valence-electron chi connectivity index (χ1n) is 23.2. The lowest BCUT2D eigenvalue weighted by molar-refractivity contribution is -0.283. The second kappa shape index (κ2) is 29.1. The van der Waals surface area contributed by atoms with Crippen LogP contribution in [0, 0.1) is 0 Å². The zero-order valence-electron chi connectivity index (χ0n) is 37.4. The van der Waals surface area contributed by atoms with Gasteiger partial charge in [-0.15, -0.1) is 6.58 Å². The van der Waals surface area contributed by atoms with Gasteiger partial charge in [0.1, 0.15) is 36.3 Å². The van der Waals surface area contributed by atoms with E-state index >= 15 is 0 Å². The molecule has 0 radical (unpaired) electrons. The normalized spacial score (nSPS) is 19.8. The molecule has 0 spiro atoms. The lowest BCUT2D eigenvalue weighted by Gasteiger charge is -2.49. The van der Waals surface area contributed by atoms with Crippen LogP contribution in [0.15, 0.2) is 128 Å². The molecule has 0 aromatic heterocycles. The molecule has 1 aliphatic carbocycles. The fourth-order valence-corrected chi connectivity index (χ4v) is 8.10. The van der Waals surface area contributed by atoms with Crippen LogP contribution in [0.3, 0.4) is 0 Å². The summed E-state index contributed by atoms with van der Waals surface area (Å²) in [6.45, 7) is 7.52. The highest BCUT2D eigenvalue weighted by atomic mass is 16.6. The van der Waals surface area contributed by atoms with Gasteiger partial charge in [0.2, 0.25) is 0 Å². The number of benzene rings is 4. The first kappa shape index (κ1) is 48.7. The van der Waals surface area contributed by atoms with Crippen LogP contribution < -0.4 is 4.74 Å². The van der Waals surface area contributed by atoms with Crippen molar-refractivity contribution >= 4 is 5.97 Å². The molecule has 0 bridgehead atoms. The molecule has 1 fully saturated rings. The van der Waals surface area contributed by atoms with Crippen LogP contribution in [0.5, 0.6) is 5.75 Å². The molecular formula is C54H72O8. The molecule has 0 aliphatic heterocycles. The lowest BCUT2D eigenvalue weighted by Crippen LogP contribution is -2.67. The first-order chi connectivity index (χ1) is 30.6. The molecule has 0 saturated heterocycles. The zero-order valence-corrected chi connectivity index (χ0v) is 37.4. The average Bonchev–Trinajstić information content (AvgIpc) is 3.31. The Balaban J connectivity index is 1.38. The van der Waals surface area contributed by atoms with Gasteiger partial charge in [-0.2, -0.15) is 0 Å². The van der Waals surface area contributed by atoms with Crippen LogP contribution in [0.2, 0.25) is 0 Å². The molecule has 1 aliphatic rings. The van der Waals surface area contributed by atoms with Gasteiger partial charge in [-0.1, -0.05) is 193 Å². The van der Waals surface area contributed by atoms with E-state index in [4.69, 9.17) is 33.2 Å². The number of ether oxygens (including phenoxy) is 7. The maximum absolute atomic E-state index is 14.0. The molecule has 8 nitrogen and oxygen atoms in total. The average molecular weight is 849 g/mol. The van der Waals surface area contributed by atoms with E-state index < -0.39 is 36.6 Å². The third-order valence-corrected chi connectivity index (χ3v) is 11.6. The smallest absolute Gasteiger partial charge is 0.306 e. The Labute approximate surface area is 372 Å². The van der Waals surface area contributed by atoms with Crippen molar-refractivity contribution in [2.75, 3.05) is 13.7 Å². The molecule has 0 N–H and O–H groups in total. The van der Waals surface area contributed by atoms with Gasteiger partial charge >= 0.3 is 5.97 Å². The quantitative estimate of drug-likeness (QED) is 0.0281. The summed E-state index contributed by atoms with van der Waals surface area (Å²) in [6.07, 6.45) is 13.4. The van der Waals surface area contributed by atoms with Crippen molar-refractivity contribution in [1.29, 1.82) is 0 Å². The van der Waals surface area contributed by atoms with Crippen LogP contribution in [0.25, 0.3) is 0 Å². The maximum atomic E-state index is 14.0. The minimum atomic E-state index is -0.890. The Morgan fingerprint density at radius 1 is 0.468 bits per heavy atom. The Morgan fingerprint density at radius 2 is 0.823 bits per heavy atom. The molecule has 5 rings (SSSR count). The molecule has 0 heterocycles. The van der Waals surface area contributed by atoms with Crippen LogP contribution >= 0.6 is 0 Å². The van der Waals surface area contributed by atoms with Crippen molar-refractivity contribution in [3.8, 4) is 5.75 Å². The number of hydrogen-bond acceptors (Lipinski definition) is 8. The summed E-state index contributed by atoms with van der Waals surface area (Å²) in [5.74, 6) is 0.457. The van der Waals surface area contributed by atoms with Gasteiger partial charge < -0.3 is 33.2 Å². The van der Waals surface area contributed by atoms with E-state index in [9.17, 15) is 4.79 Å². The van der Waals surface area contributed by atoms with Crippen molar-refractivity contribution in [2.24, 2.45) is 0 Å². The van der Waals surface area contributed by atoms with Gasteiger partial charge in [-0.05, 0) is 40.8 Å². The summed E-state index contributed by atoms with van der Waals surface area (Å²) in [5, 5.41) is 0. The minimum absolute atomic E-state index is 0.221. The summed E-state index contributed by atoms with van der Waals surface area (Å²) in [4.78, 5) is 14.0. The Bertz CT molecular complexity index is 1750. The Morgan fingerprint density at radius 3 is 1.21 bits per heavy atom. The van der Waals surface area contributed by atoms with E-state index in [-0.39, 0.29) is 32.4 Å². The summed E-state index contributed by atoms with van der Waals surface area (Å²) in [6, 6.07) is 37.8. The van der Waals surface area contributed by atoms with E-state index in [1.54, 1.807) is 13.2 Å². The number of carbonyl (C=O) groups is 1. The monoisotopic (exact) mass is 849 g/mol. The minimum Gasteiger partial charge on any atom is -0.497 e. The summed E-state index contributed by atoms with van der Waals surface area (Å²) >= 11 is 0. The zero-order chi connectivity index (χ0) is 43.5. The fraction of sp³-hybridized carbons (Fsp3) is 0.500. The summed E-state index contributed by atoms with van der Waals surface area (Å²) < 4.78 is 46.2. The molecule has 1 saturated carbocycles. The fourth-order valence-electron chi connectivity index (χ4n) is 8.10. The molecule has 6 atom stereocenters. The van der Waals surface area contributed by atoms with Crippen molar-refractivity contribution in [2.45, 2.75) is 160 Å². The van der Waals surface area contributed by atoms with Gasteiger partial charge in [-0.3, -0.25) is 4.79 Å². The first-order valence-corrected chi connectivity index (χ1v) is 23.2. The van der Waals surface area contributed by atoms with Crippen LogP contribution in [-0.2, 0) is 59.6 Å². The Kier molecular flexibility index (Phi) is 22.9. The number of carbonyl (C=O) groups excluding carboxylic acids is 1. The number of hydrogen-bond donors (Lipinski definition) is 0. The van der Waals surface area contributed by atoms with Gasteiger partial charge in [0.15, 0.2) is 6.10 Å². The third kappa shape index (κ3) is 17.1. The highest BCUT2D eigenvalue weighted by Gasteiger charge is 2.56. The van der Waals surface area contributed by atoms with E-state index in [0.717, 1.165) is 47.3 Å². The third-order valence-electron chi connectivity index (χ3n) is 11.6. The molecule has 4 aromatic carbocycles. The van der Waals surface area contributed by atoms with Gasteiger partial charge in [0.25, 0.3) is 0 Å². The summed E-state index contributed by atoms with van der Waals surface area (Å²) in [7, 11) is 1.65. The predicted octanol–water partition coefficient (Wildman–Crippen LogP) is 12.3. The van der Waals surface area contributed by atoms with Gasteiger partial charge in [-0.25, -0.2) is 0 Å². The molecule has 4 aromatic rings. The predicted molar refractivity (Wildman–Crippen MR) is 247 cm³/mol. The van der Waals surface area contributed by atoms with E-state index in [1.807, 2.05) is 115 Å². The van der Waals surface area contributed by atoms with Crippen molar-refractivity contribution < 1.29 is 38.0 Å². The highest BCUT2D eigenvalue weighted by molar-refractivity contribution is 5.69. The highest BCUT2D eigenvalue weighted by Crippen LogP contribution is 2.36. The number of rotatable bonds is 31. The second-order valence-corrected chi connectivity index (χ2v) is 16.4. The largest absolute Gasteiger partial charge is 0.497 e. The van der Waals surface area contributed by atoms with E-state index in [0.29, 0.717) is 13.0 Å². The standard InChI is InChI=1S/C54H72O8/c1-4-6-7-8-9-10-11-12-13-14-15-16-26-33-48(55)62-54-52(61-42-46-34-36-47(56-3)37-35-46)49(57-38-5-2)50(58-39-43-27-20-17-21-28-43)51(59-40-44-29-22-18-23-30-44)53(54)60-41-45-31-24-19-25-32-45/h5,17-25,27-32,34-37,49-54H,2,4,6-16,26,33,38-42H2,1,3H3/t49-,50-,51+,52+,53-,54+/m1/s1. The number of unbranched alkanes of at least 4 members (excludes halogenated alkanes) is 12. The van der Waals surface area contributed by atoms with Gasteiger partial charge in [0, 0.05) is 6.42 Å². The molecular weight excluding hydrogens is 777 g/mol. The SMILES string of the molecule is C=CCO[C@@H]1[C@@H](OCc2ccccc2)[C@H](OCc2ccccc2)[C@@H](OCc2ccccc2)[C@@H](OC(=O)CCCCCCCCCCCCCCC)[C@H]1OCc1ccc(OC)cc1. The molecule has 8 heteroatoms. The number of methoxy groups -OCH3 is 1. The van der Waals surface area contributed by atoms with Crippen LogP contribution in [0.4, 0.5) is 0 Å². The topological polar surface area (TPSA) is 81.7 Å². The van der Waals surface area contributed by atoms with Crippen molar-refractivity contribution in [1.82, 2.24) is 0 Å². The van der Waals surface area contributed by atoms with Crippen LogP contribution in [0.1, 0.15) is 119 Å². The number of esters is 1. The second-order valence-electron chi connectivity index (χ2n) is 16.4. The van der Waals surface area contributed by atoms with Crippen LogP contribution in [-0.4, -0.2) is 56.3 Å². The Hall–Kier alpha value is -4.31. The maximum Gasteiger partial charge on any atom is 0.306 e. The van der Waals surface area contributed by atoms with Crippen molar-refractivity contribution in [3.63, 3.8) is 0 Å². The summed E-state index contributed by atoms with van der Waals surface area (Å²) in [5.41, 5.74) is 3.90. The van der Waals surface area contributed by atoms with Gasteiger partial charge in [0.05, 0.1) is 40.1 Å². The lowest BCUT2D eigenvalue weighted by atomic mass is 9.83. The molecule has 336 valence electrons. The molecule has 0 unspecified atom stereocenters. The molecule has 62 heavy (non-hydrogen) atoms. The van der Waals surface area contributed by atoms with Crippen molar-refractivity contribution in [3.05, 3.63) is 150 Å². The van der Waals surface area contributed by atoms with E-state index in [1.165, 1.54) is 64.2 Å².